The average Bonchev–Trinajstić information content (AvgIpc) is 3.07. The zero-order valence-corrected chi connectivity index (χ0v) is 17.1. The highest BCUT2D eigenvalue weighted by molar-refractivity contribution is 7.16. The molecule has 2 aliphatic heterocycles. The fourth-order valence-corrected chi connectivity index (χ4v) is 4.59. The summed E-state index contributed by atoms with van der Waals surface area (Å²) in [6, 6.07) is 5.76. The summed E-state index contributed by atoms with van der Waals surface area (Å²) in [5.41, 5.74) is 7.02. The van der Waals surface area contributed by atoms with Gasteiger partial charge < -0.3 is 20.5 Å². The molecule has 0 aliphatic carbocycles. The molecular weight excluding hydrogens is 392 g/mol. The number of hydrogen-bond acceptors (Lipinski definition) is 7. The number of benzene rings is 1. The summed E-state index contributed by atoms with van der Waals surface area (Å²) in [5.74, 6) is 0.833. The summed E-state index contributed by atoms with van der Waals surface area (Å²) >= 11 is 1.45. The molecule has 2 aromatic rings. The number of nitrogens with two attached hydrogens (primary N) is 1. The monoisotopic (exact) mass is 416 g/mol. The molecule has 0 unspecified atom stereocenters. The van der Waals surface area contributed by atoms with Crippen LogP contribution in [0.3, 0.4) is 0 Å². The topological polar surface area (TPSA) is 107 Å². The molecule has 1 saturated heterocycles. The van der Waals surface area contributed by atoms with Crippen molar-refractivity contribution in [1.82, 2.24) is 9.88 Å². The van der Waals surface area contributed by atoms with Crippen LogP contribution in [0.5, 0.6) is 11.5 Å². The van der Waals surface area contributed by atoms with E-state index >= 15 is 0 Å². The summed E-state index contributed by atoms with van der Waals surface area (Å²) in [5, 5.41) is 3.52. The third-order valence-electron chi connectivity index (χ3n) is 5.10. The minimum absolute atomic E-state index is 0.0679. The second-order valence-electron chi connectivity index (χ2n) is 7.31. The lowest BCUT2D eigenvalue weighted by molar-refractivity contribution is -0.124. The Kier molecular flexibility index (Phi) is 5.68. The van der Waals surface area contributed by atoms with Crippen LogP contribution in [0.1, 0.15) is 17.7 Å². The first kappa shape index (κ1) is 19.7. The van der Waals surface area contributed by atoms with E-state index in [0.717, 1.165) is 41.3 Å². The number of aryl methyl sites for hydroxylation is 1. The van der Waals surface area contributed by atoms with Crippen LogP contribution in [-0.4, -0.2) is 54.5 Å². The third kappa shape index (κ3) is 4.51. The van der Waals surface area contributed by atoms with E-state index in [1.165, 1.54) is 11.3 Å². The van der Waals surface area contributed by atoms with Crippen LogP contribution >= 0.6 is 11.3 Å². The number of nitrogens with zero attached hydrogens (tertiary/aromatic N) is 2. The minimum Gasteiger partial charge on any atom is -0.486 e. The quantitative estimate of drug-likeness (QED) is 0.772. The smallest absolute Gasteiger partial charge is 0.231 e. The molecule has 154 valence electrons. The van der Waals surface area contributed by atoms with Crippen LogP contribution in [0.15, 0.2) is 18.2 Å². The Bertz CT molecular complexity index is 929. The van der Waals surface area contributed by atoms with Crippen molar-refractivity contribution in [3.05, 3.63) is 23.1 Å². The highest BCUT2D eigenvalue weighted by Crippen LogP contribution is 2.37. The first-order chi connectivity index (χ1) is 14.0. The van der Waals surface area contributed by atoms with Gasteiger partial charge in [-0.25, -0.2) is 4.98 Å². The van der Waals surface area contributed by atoms with Gasteiger partial charge in [0.1, 0.15) is 13.2 Å². The zero-order valence-electron chi connectivity index (χ0n) is 16.3. The van der Waals surface area contributed by atoms with Crippen molar-refractivity contribution in [3.63, 3.8) is 0 Å². The van der Waals surface area contributed by atoms with Gasteiger partial charge in [-0.15, -0.1) is 11.3 Å². The molecule has 0 saturated carbocycles. The van der Waals surface area contributed by atoms with Gasteiger partial charge in [0.05, 0.1) is 18.2 Å². The number of nitrogens with one attached hydrogen (secondary N) is 1. The van der Waals surface area contributed by atoms with E-state index in [2.05, 4.69) is 10.3 Å². The first-order valence-electron chi connectivity index (χ1n) is 9.68. The van der Waals surface area contributed by atoms with E-state index in [4.69, 9.17) is 15.2 Å². The highest BCUT2D eigenvalue weighted by atomic mass is 32.1. The van der Waals surface area contributed by atoms with E-state index < -0.39 is 0 Å². The first-order valence-corrected chi connectivity index (χ1v) is 10.5. The number of anilines is 1. The van der Waals surface area contributed by atoms with Gasteiger partial charge in [-0.2, -0.15) is 0 Å². The Labute approximate surface area is 173 Å². The highest BCUT2D eigenvalue weighted by Gasteiger charge is 2.27. The molecule has 3 N–H and O–H groups in total. The maximum Gasteiger partial charge on any atom is 0.231 e. The number of thiazole rings is 1. The van der Waals surface area contributed by atoms with Gasteiger partial charge in [0.2, 0.25) is 11.8 Å². The van der Waals surface area contributed by atoms with Gasteiger partial charge in [-0.05, 0) is 44.5 Å². The van der Waals surface area contributed by atoms with Crippen molar-refractivity contribution in [3.8, 4) is 22.8 Å². The van der Waals surface area contributed by atoms with Crippen LogP contribution in [-0.2, 0) is 9.59 Å². The molecule has 29 heavy (non-hydrogen) atoms. The molecule has 2 amide bonds. The second-order valence-corrected chi connectivity index (χ2v) is 8.52. The molecule has 0 bridgehead atoms. The SMILES string of the molecule is Cc1sc(NC(=O)[C@H]2CCCN(CC(N)=O)C2)nc1-c1ccc2c(c1)OCCO2. The molecule has 1 atom stereocenters. The lowest BCUT2D eigenvalue weighted by atomic mass is 9.97. The number of rotatable bonds is 5. The summed E-state index contributed by atoms with van der Waals surface area (Å²) in [4.78, 5) is 31.5. The molecule has 8 nitrogen and oxygen atoms in total. The van der Waals surface area contributed by atoms with Gasteiger partial charge in [0, 0.05) is 17.0 Å². The Morgan fingerprint density at radius 3 is 2.90 bits per heavy atom. The number of carbonyl (C=O) groups is 2. The third-order valence-corrected chi connectivity index (χ3v) is 5.98. The second kappa shape index (κ2) is 8.38. The summed E-state index contributed by atoms with van der Waals surface area (Å²) in [6.45, 7) is 4.58. The molecule has 1 fully saturated rings. The summed E-state index contributed by atoms with van der Waals surface area (Å²) in [7, 11) is 0. The number of likely N-dealkylation sites (tertiary alicyclic amines) is 1. The largest absolute Gasteiger partial charge is 0.486 e. The zero-order chi connectivity index (χ0) is 20.4. The molecule has 4 rings (SSSR count). The lowest BCUT2D eigenvalue weighted by Gasteiger charge is -2.30. The number of piperidine rings is 1. The number of carbonyl (C=O) groups excluding carboxylic acids is 2. The number of amides is 2. The van der Waals surface area contributed by atoms with Crippen LogP contribution < -0.4 is 20.5 Å². The fraction of sp³-hybridized carbons (Fsp3) is 0.450. The van der Waals surface area contributed by atoms with Gasteiger partial charge in [-0.1, -0.05) is 0 Å². The predicted octanol–water partition coefficient (Wildman–Crippen LogP) is 2.03. The molecule has 1 aromatic carbocycles. The van der Waals surface area contributed by atoms with Gasteiger partial charge in [0.15, 0.2) is 16.6 Å². The number of primary amides is 1. The van der Waals surface area contributed by atoms with E-state index in [1.54, 1.807) is 0 Å². The standard InChI is InChI=1S/C20H24N4O4S/c1-12-18(13-4-5-15-16(9-13)28-8-7-27-15)22-20(29-12)23-19(26)14-3-2-6-24(10-14)11-17(21)25/h4-5,9,14H,2-3,6-8,10-11H2,1H3,(H2,21,25)(H,22,23,26)/t14-/m0/s1. The summed E-state index contributed by atoms with van der Waals surface area (Å²) < 4.78 is 11.2. The molecule has 2 aliphatic rings. The minimum atomic E-state index is -0.370. The maximum absolute atomic E-state index is 12.7. The van der Waals surface area contributed by atoms with E-state index in [1.807, 2.05) is 30.0 Å². The van der Waals surface area contributed by atoms with Crippen molar-refractivity contribution < 1.29 is 19.1 Å². The normalized spacial score (nSPS) is 19.0. The lowest BCUT2D eigenvalue weighted by Crippen LogP contribution is -2.44. The van der Waals surface area contributed by atoms with Gasteiger partial charge in [0.25, 0.3) is 0 Å². The fourth-order valence-electron chi connectivity index (χ4n) is 3.75. The number of hydrogen-bond donors (Lipinski definition) is 2. The van der Waals surface area contributed by atoms with Gasteiger partial charge in [-0.3, -0.25) is 14.5 Å². The van der Waals surface area contributed by atoms with Crippen molar-refractivity contribution in [2.45, 2.75) is 19.8 Å². The average molecular weight is 417 g/mol. The maximum atomic E-state index is 12.7. The van der Waals surface area contributed by atoms with Crippen LogP contribution in [0, 0.1) is 12.8 Å². The van der Waals surface area contributed by atoms with Crippen LogP contribution in [0.2, 0.25) is 0 Å². The Morgan fingerprint density at radius 1 is 1.31 bits per heavy atom. The molecule has 0 radical (unpaired) electrons. The van der Waals surface area contributed by atoms with Gasteiger partial charge >= 0.3 is 0 Å². The molecule has 0 spiro atoms. The van der Waals surface area contributed by atoms with E-state index in [-0.39, 0.29) is 24.3 Å². The van der Waals surface area contributed by atoms with Crippen molar-refractivity contribution >= 4 is 28.3 Å². The Balaban J connectivity index is 1.45. The predicted molar refractivity (Wildman–Crippen MR) is 110 cm³/mol. The van der Waals surface area contributed by atoms with Crippen LogP contribution in [0.4, 0.5) is 5.13 Å². The Morgan fingerprint density at radius 2 is 2.10 bits per heavy atom. The molecule has 3 heterocycles. The molecule has 1 aromatic heterocycles. The Hall–Kier alpha value is -2.65. The molecule has 9 heteroatoms. The van der Waals surface area contributed by atoms with Crippen LogP contribution in [0.25, 0.3) is 11.3 Å². The number of aromatic nitrogens is 1. The van der Waals surface area contributed by atoms with E-state index in [0.29, 0.717) is 30.6 Å². The van der Waals surface area contributed by atoms with Crippen molar-refractivity contribution in [2.75, 3.05) is 38.2 Å². The molecular formula is C20H24N4O4S. The van der Waals surface area contributed by atoms with E-state index in [9.17, 15) is 9.59 Å². The number of fused-ring (bicyclic) bond motifs is 1. The van der Waals surface area contributed by atoms with Crippen molar-refractivity contribution in [2.24, 2.45) is 11.7 Å². The summed E-state index contributed by atoms with van der Waals surface area (Å²) in [6.07, 6.45) is 1.66. The van der Waals surface area contributed by atoms with Crippen molar-refractivity contribution in [1.29, 1.82) is 0 Å². The number of ether oxygens (including phenoxy) is 2.